The summed E-state index contributed by atoms with van der Waals surface area (Å²) in [5.41, 5.74) is 1.21. The van der Waals surface area contributed by atoms with Crippen molar-refractivity contribution in [2.75, 3.05) is 26.7 Å². The van der Waals surface area contributed by atoms with Gasteiger partial charge in [-0.2, -0.15) is 0 Å². The topological polar surface area (TPSA) is 77.9 Å². The number of nitrogens with zero attached hydrogens (tertiary/aromatic N) is 2. The predicted octanol–water partition coefficient (Wildman–Crippen LogP) is 2.35. The SMILES string of the molecule is CC(CCC(=O)N(C)CC(=O)N1CCC(C(=O)O)CC1)c1ccccc1. The van der Waals surface area contributed by atoms with E-state index in [0.717, 1.165) is 6.42 Å². The molecule has 1 aromatic carbocycles. The molecule has 1 heterocycles. The highest BCUT2D eigenvalue weighted by atomic mass is 16.4. The molecule has 1 unspecified atom stereocenters. The van der Waals surface area contributed by atoms with Gasteiger partial charge < -0.3 is 14.9 Å². The minimum atomic E-state index is -0.795. The second kappa shape index (κ2) is 9.36. The van der Waals surface area contributed by atoms with Crippen molar-refractivity contribution in [2.45, 2.75) is 38.5 Å². The van der Waals surface area contributed by atoms with Gasteiger partial charge in [-0.05, 0) is 30.7 Å². The molecule has 0 spiro atoms. The van der Waals surface area contributed by atoms with Crippen LogP contribution in [0.15, 0.2) is 30.3 Å². The first-order valence-corrected chi connectivity index (χ1v) is 9.18. The van der Waals surface area contributed by atoms with Gasteiger partial charge in [0.25, 0.3) is 0 Å². The summed E-state index contributed by atoms with van der Waals surface area (Å²) in [6.07, 6.45) is 2.10. The maximum atomic E-state index is 12.3. The number of carboxylic acid groups (broad SMARTS) is 1. The third kappa shape index (κ3) is 5.58. The van der Waals surface area contributed by atoms with E-state index in [0.29, 0.717) is 38.3 Å². The molecule has 0 aromatic heterocycles. The van der Waals surface area contributed by atoms with Crippen molar-refractivity contribution < 1.29 is 19.5 Å². The van der Waals surface area contributed by atoms with Gasteiger partial charge >= 0.3 is 5.97 Å². The van der Waals surface area contributed by atoms with Crippen molar-refractivity contribution in [1.29, 1.82) is 0 Å². The number of amides is 2. The highest BCUT2D eigenvalue weighted by Crippen LogP contribution is 2.21. The lowest BCUT2D eigenvalue weighted by Crippen LogP contribution is -2.45. The van der Waals surface area contributed by atoms with Crippen molar-refractivity contribution in [1.82, 2.24) is 9.80 Å². The van der Waals surface area contributed by atoms with Gasteiger partial charge in [-0.1, -0.05) is 37.3 Å². The molecular formula is C20H28N2O4. The predicted molar refractivity (Wildman–Crippen MR) is 98.7 cm³/mol. The number of hydrogen-bond acceptors (Lipinski definition) is 3. The number of carboxylic acids is 1. The van der Waals surface area contributed by atoms with Crippen LogP contribution in [0, 0.1) is 5.92 Å². The van der Waals surface area contributed by atoms with Gasteiger partial charge in [0.2, 0.25) is 11.8 Å². The first-order valence-electron chi connectivity index (χ1n) is 9.18. The fourth-order valence-corrected chi connectivity index (χ4v) is 3.25. The van der Waals surface area contributed by atoms with Crippen molar-refractivity contribution in [2.24, 2.45) is 5.92 Å². The number of hydrogen-bond donors (Lipinski definition) is 1. The van der Waals surface area contributed by atoms with Crippen LogP contribution >= 0.6 is 0 Å². The number of likely N-dealkylation sites (N-methyl/N-ethyl adjacent to an activating group) is 1. The summed E-state index contributed by atoms with van der Waals surface area (Å²) < 4.78 is 0. The van der Waals surface area contributed by atoms with Crippen molar-refractivity contribution in [3.8, 4) is 0 Å². The molecule has 1 aliphatic heterocycles. The molecule has 1 N–H and O–H groups in total. The Balaban J connectivity index is 1.74. The Labute approximate surface area is 154 Å². The van der Waals surface area contributed by atoms with Crippen molar-refractivity contribution in [3.05, 3.63) is 35.9 Å². The lowest BCUT2D eigenvalue weighted by molar-refractivity contribution is -0.146. The average Bonchev–Trinajstić information content (AvgIpc) is 2.66. The number of piperidine rings is 1. The third-order valence-corrected chi connectivity index (χ3v) is 5.15. The minimum absolute atomic E-state index is 0.0402. The zero-order valence-corrected chi connectivity index (χ0v) is 15.6. The summed E-state index contributed by atoms with van der Waals surface area (Å²) in [5, 5.41) is 9.01. The van der Waals surface area contributed by atoms with E-state index in [4.69, 9.17) is 5.11 Å². The van der Waals surface area contributed by atoms with Crippen LogP contribution < -0.4 is 0 Å². The Kier molecular flexibility index (Phi) is 7.18. The molecule has 26 heavy (non-hydrogen) atoms. The summed E-state index contributed by atoms with van der Waals surface area (Å²) in [6, 6.07) is 10.1. The minimum Gasteiger partial charge on any atom is -0.481 e. The van der Waals surface area contributed by atoms with Crippen LogP contribution in [0.1, 0.15) is 44.1 Å². The number of rotatable bonds is 7. The largest absolute Gasteiger partial charge is 0.481 e. The highest BCUT2D eigenvalue weighted by molar-refractivity contribution is 5.85. The molecule has 6 nitrogen and oxygen atoms in total. The molecule has 1 atom stereocenters. The van der Waals surface area contributed by atoms with Crippen LogP contribution in [0.2, 0.25) is 0 Å². The molecule has 0 bridgehead atoms. The number of carbonyl (C=O) groups excluding carboxylic acids is 2. The second-order valence-electron chi connectivity index (χ2n) is 7.09. The second-order valence-corrected chi connectivity index (χ2v) is 7.09. The molecule has 6 heteroatoms. The molecular weight excluding hydrogens is 332 g/mol. The normalized spacial score (nSPS) is 16.2. The molecule has 0 aliphatic carbocycles. The monoisotopic (exact) mass is 360 g/mol. The molecule has 2 rings (SSSR count). The molecule has 0 radical (unpaired) electrons. The van der Waals surface area contributed by atoms with Crippen molar-refractivity contribution in [3.63, 3.8) is 0 Å². The first kappa shape index (κ1) is 19.9. The zero-order chi connectivity index (χ0) is 19.1. The van der Waals surface area contributed by atoms with E-state index in [2.05, 4.69) is 19.1 Å². The van der Waals surface area contributed by atoms with Crippen LogP contribution in [-0.2, 0) is 14.4 Å². The number of carbonyl (C=O) groups is 3. The van der Waals surface area contributed by atoms with Crippen LogP contribution in [0.25, 0.3) is 0 Å². The third-order valence-electron chi connectivity index (χ3n) is 5.15. The van der Waals surface area contributed by atoms with Gasteiger partial charge in [0, 0.05) is 26.6 Å². The molecule has 142 valence electrons. The summed E-state index contributed by atoms with van der Waals surface area (Å²) in [7, 11) is 1.65. The quantitative estimate of drug-likeness (QED) is 0.810. The van der Waals surface area contributed by atoms with E-state index in [1.807, 2.05) is 18.2 Å². The van der Waals surface area contributed by atoms with E-state index >= 15 is 0 Å². The Hall–Kier alpha value is -2.37. The lowest BCUT2D eigenvalue weighted by atomic mass is 9.96. The lowest BCUT2D eigenvalue weighted by Gasteiger charge is -2.31. The summed E-state index contributed by atoms with van der Waals surface area (Å²) in [5.74, 6) is -1.02. The molecule has 1 saturated heterocycles. The zero-order valence-electron chi connectivity index (χ0n) is 15.6. The maximum Gasteiger partial charge on any atom is 0.306 e. The number of likely N-dealkylation sites (tertiary alicyclic amines) is 1. The highest BCUT2D eigenvalue weighted by Gasteiger charge is 2.27. The summed E-state index contributed by atoms with van der Waals surface area (Å²) in [6.45, 7) is 3.04. The summed E-state index contributed by atoms with van der Waals surface area (Å²) >= 11 is 0. The van der Waals surface area contributed by atoms with Crippen LogP contribution in [0.3, 0.4) is 0 Å². The molecule has 0 saturated carbocycles. The van der Waals surface area contributed by atoms with E-state index in [1.54, 1.807) is 11.9 Å². The average molecular weight is 360 g/mol. The Morgan fingerprint density at radius 2 is 1.81 bits per heavy atom. The number of benzene rings is 1. The van der Waals surface area contributed by atoms with Gasteiger partial charge in [0.1, 0.15) is 0 Å². The smallest absolute Gasteiger partial charge is 0.306 e. The first-order chi connectivity index (χ1) is 12.4. The van der Waals surface area contributed by atoms with E-state index < -0.39 is 5.97 Å². The maximum absolute atomic E-state index is 12.3. The van der Waals surface area contributed by atoms with Crippen LogP contribution in [0.4, 0.5) is 0 Å². The molecule has 2 amide bonds. The summed E-state index contributed by atoms with van der Waals surface area (Å²) in [4.78, 5) is 38.8. The van der Waals surface area contributed by atoms with E-state index in [9.17, 15) is 14.4 Å². The fourth-order valence-electron chi connectivity index (χ4n) is 3.25. The van der Waals surface area contributed by atoms with E-state index in [1.165, 1.54) is 10.5 Å². The number of aliphatic carboxylic acids is 1. The fraction of sp³-hybridized carbons (Fsp3) is 0.550. The standard InChI is InChI=1S/C20H28N2O4/c1-15(16-6-4-3-5-7-16)8-9-18(23)21(2)14-19(24)22-12-10-17(11-13-22)20(25)26/h3-7,15,17H,8-14H2,1-2H3,(H,25,26). The van der Waals surface area contributed by atoms with Gasteiger partial charge in [-0.3, -0.25) is 14.4 Å². The van der Waals surface area contributed by atoms with Crippen molar-refractivity contribution >= 4 is 17.8 Å². The van der Waals surface area contributed by atoms with Gasteiger partial charge in [0.05, 0.1) is 12.5 Å². The van der Waals surface area contributed by atoms with Gasteiger partial charge in [-0.25, -0.2) is 0 Å². The Bertz CT molecular complexity index is 624. The van der Waals surface area contributed by atoms with E-state index in [-0.39, 0.29) is 24.3 Å². The molecule has 1 aromatic rings. The van der Waals surface area contributed by atoms with Crippen LogP contribution in [0.5, 0.6) is 0 Å². The van der Waals surface area contributed by atoms with Gasteiger partial charge in [0.15, 0.2) is 0 Å². The van der Waals surface area contributed by atoms with Gasteiger partial charge in [-0.15, -0.1) is 0 Å². The molecule has 1 fully saturated rings. The Morgan fingerprint density at radius 3 is 2.38 bits per heavy atom. The Morgan fingerprint density at radius 1 is 1.19 bits per heavy atom. The van der Waals surface area contributed by atoms with Crippen LogP contribution in [-0.4, -0.2) is 59.4 Å². The molecule has 1 aliphatic rings.